The third-order valence-corrected chi connectivity index (χ3v) is 10.9. The smallest absolute Gasteiger partial charge is 0.0537 e. The highest BCUT2D eigenvalue weighted by atomic mass is 15.1. The van der Waals surface area contributed by atoms with E-state index in [2.05, 4.69) is 226 Å². The number of para-hydroxylation sites is 3. The van der Waals surface area contributed by atoms with Gasteiger partial charge in [0.05, 0.1) is 11.2 Å². The molecule has 7 aromatic rings. The first-order valence-electron chi connectivity index (χ1n) is 21.3. The maximum Gasteiger partial charge on any atom is 0.0537 e. The van der Waals surface area contributed by atoms with Crippen LogP contribution in [0.1, 0.15) is 66.3 Å². The molecule has 2 nitrogen and oxygen atoms in total. The number of aromatic nitrogens is 1. The lowest BCUT2D eigenvalue weighted by molar-refractivity contribution is 0.888. The van der Waals surface area contributed by atoms with Crippen molar-refractivity contribution in [2.45, 2.75) is 40.5 Å². The quantitative estimate of drug-likeness (QED) is 0.118. The summed E-state index contributed by atoms with van der Waals surface area (Å²) in [6.45, 7) is 20.6. The predicted octanol–water partition coefficient (Wildman–Crippen LogP) is 16.3. The summed E-state index contributed by atoms with van der Waals surface area (Å²) in [5.74, 6) is 0. The Morgan fingerprint density at radius 1 is 0.656 bits per heavy atom. The Bertz CT molecular complexity index is 2700. The number of rotatable bonds is 11. The van der Waals surface area contributed by atoms with Crippen LogP contribution in [-0.2, 0) is 6.42 Å². The van der Waals surface area contributed by atoms with Crippen LogP contribution >= 0.6 is 0 Å². The second-order valence-corrected chi connectivity index (χ2v) is 14.9. The number of aryl methyl sites for hydroxylation is 1. The topological polar surface area (TPSA) is 8.17 Å². The molecule has 8 rings (SSSR count). The van der Waals surface area contributed by atoms with Gasteiger partial charge in [0.15, 0.2) is 0 Å². The van der Waals surface area contributed by atoms with E-state index < -0.39 is 0 Å². The van der Waals surface area contributed by atoms with Crippen LogP contribution in [0.5, 0.6) is 0 Å². The Morgan fingerprint density at radius 3 is 1.95 bits per heavy atom. The van der Waals surface area contributed by atoms with E-state index in [1.165, 1.54) is 55.8 Å². The first kappa shape index (κ1) is 43.4. The fourth-order valence-corrected chi connectivity index (χ4v) is 7.84. The first-order chi connectivity index (χ1) is 29.8. The highest BCUT2D eigenvalue weighted by Gasteiger charge is 2.18. The summed E-state index contributed by atoms with van der Waals surface area (Å²) in [5, 5.41) is 1.32. The van der Waals surface area contributed by atoms with Gasteiger partial charge in [-0.3, -0.25) is 0 Å². The van der Waals surface area contributed by atoms with Crippen molar-refractivity contribution < 1.29 is 0 Å². The minimum atomic E-state index is 0.983. The van der Waals surface area contributed by atoms with Crippen molar-refractivity contribution in [1.29, 1.82) is 0 Å². The molecular formula is C59H58N2. The standard InChI is InChI=1S/C37H31N.C20H21N.C2H6/c1-27(29-13-5-3-6-14-29)25-32(31-15-7-4-8-16-31)26-28(2)30-21-23-33(24-22-30)38-36-19-11-9-17-34(36)35-18-10-12-20-37(35)38;1-5-6-11-16(2)19-15-10-12-17(3)20(19)21(4)18-13-8-7-9-14-18;1-2/h3-11,13-19,21-26H,2,12,20H2,1H3;5-15H,1-2H2,3-4H3;1-2H3/b27-25+,32-26+;11-6-;. The second kappa shape index (κ2) is 21.2. The van der Waals surface area contributed by atoms with E-state index in [4.69, 9.17) is 0 Å². The summed E-state index contributed by atoms with van der Waals surface area (Å²) < 4.78 is 2.43. The number of hydrogen-bond donors (Lipinski definition) is 0. The zero-order chi connectivity index (χ0) is 43.1. The van der Waals surface area contributed by atoms with E-state index in [-0.39, 0.29) is 0 Å². The summed E-state index contributed by atoms with van der Waals surface area (Å²) in [6.07, 6.45) is 16.9. The maximum absolute atomic E-state index is 4.46. The van der Waals surface area contributed by atoms with Crippen LogP contribution in [0, 0.1) is 6.92 Å². The van der Waals surface area contributed by atoms with Crippen LogP contribution in [0.15, 0.2) is 214 Å². The number of allylic oxidation sites excluding steroid dienone is 10. The summed E-state index contributed by atoms with van der Waals surface area (Å²) in [5.41, 5.74) is 17.8. The second-order valence-electron chi connectivity index (χ2n) is 14.9. The Balaban J connectivity index is 0.000000230. The van der Waals surface area contributed by atoms with Gasteiger partial charge < -0.3 is 9.47 Å². The Hall–Kier alpha value is -7.16. The van der Waals surface area contributed by atoms with Crippen LogP contribution in [0.4, 0.5) is 11.4 Å². The molecule has 1 aromatic heterocycles. The molecule has 0 unspecified atom stereocenters. The monoisotopic (exact) mass is 794 g/mol. The summed E-state index contributed by atoms with van der Waals surface area (Å²) >= 11 is 0. The van der Waals surface area contributed by atoms with Crippen LogP contribution in [-0.4, -0.2) is 11.6 Å². The molecule has 0 fully saturated rings. The Labute approximate surface area is 364 Å². The van der Waals surface area contributed by atoms with Crippen molar-refractivity contribution in [2.75, 3.05) is 11.9 Å². The number of nitrogens with zero attached hydrogens (tertiary/aromatic N) is 2. The fraction of sp³-hybridized carbons (Fsp3) is 0.119. The van der Waals surface area contributed by atoms with Gasteiger partial charge in [-0.05, 0) is 108 Å². The molecule has 61 heavy (non-hydrogen) atoms. The van der Waals surface area contributed by atoms with Gasteiger partial charge in [0.2, 0.25) is 0 Å². The molecule has 2 heteroatoms. The van der Waals surface area contributed by atoms with Gasteiger partial charge in [-0.15, -0.1) is 0 Å². The van der Waals surface area contributed by atoms with E-state index in [0.29, 0.717) is 0 Å². The minimum Gasteiger partial charge on any atom is -0.344 e. The average molecular weight is 795 g/mol. The fourth-order valence-electron chi connectivity index (χ4n) is 7.84. The third-order valence-electron chi connectivity index (χ3n) is 10.9. The molecule has 304 valence electrons. The molecule has 0 amide bonds. The summed E-state index contributed by atoms with van der Waals surface area (Å²) in [6, 6.07) is 55.3. The van der Waals surface area contributed by atoms with E-state index in [9.17, 15) is 0 Å². The lowest BCUT2D eigenvalue weighted by Crippen LogP contribution is -2.12. The Kier molecular flexibility index (Phi) is 15.1. The third kappa shape index (κ3) is 10.4. The molecule has 0 bridgehead atoms. The van der Waals surface area contributed by atoms with Gasteiger partial charge in [-0.25, -0.2) is 0 Å². The molecule has 0 aliphatic heterocycles. The average Bonchev–Trinajstić information content (AvgIpc) is 3.66. The Morgan fingerprint density at radius 2 is 1.28 bits per heavy atom. The van der Waals surface area contributed by atoms with Gasteiger partial charge in [-0.1, -0.05) is 197 Å². The van der Waals surface area contributed by atoms with Gasteiger partial charge in [-0.2, -0.15) is 0 Å². The molecule has 0 N–H and O–H groups in total. The molecule has 0 saturated carbocycles. The molecular weight excluding hydrogens is 737 g/mol. The highest BCUT2D eigenvalue weighted by Crippen LogP contribution is 2.36. The molecule has 0 saturated heterocycles. The molecule has 1 aliphatic rings. The number of anilines is 2. The highest BCUT2D eigenvalue weighted by molar-refractivity contribution is 5.94. The first-order valence-corrected chi connectivity index (χ1v) is 21.3. The molecule has 0 radical (unpaired) electrons. The lowest BCUT2D eigenvalue weighted by Gasteiger charge is -2.25. The zero-order valence-corrected chi connectivity index (χ0v) is 36.5. The van der Waals surface area contributed by atoms with Crippen molar-refractivity contribution in [3.63, 3.8) is 0 Å². The SMILES string of the molecule is C=C(/C=C(\C=C(/C)c1ccccc1)c1ccccc1)c1ccc(-n2c3c(c4ccccc42)C=CCC3)cc1.C=C/C=C\C(=C)c1cccc(C)c1N(C)c1ccccc1.CC. The van der Waals surface area contributed by atoms with Crippen molar-refractivity contribution >= 4 is 50.6 Å². The van der Waals surface area contributed by atoms with Crippen molar-refractivity contribution in [3.05, 3.63) is 253 Å². The van der Waals surface area contributed by atoms with E-state index in [0.717, 1.165) is 46.4 Å². The van der Waals surface area contributed by atoms with Crippen molar-refractivity contribution in [2.24, 2.45) is 0 Å². The molecule has 0 atom stereocenters. The number of benzene rings is 6. The lowest BCUT2D eigenvalue weighted by atomic mass is 9.96. The van der Waals surface area contributed by atoms with Gasteiger partial charge >= 0.3 is 0 Å². The molecule has 0 spiro atoms. The minimum absolute atomic E-state index is 0.983. The zero-order valence-electron chi connectivity index (χ0n) is 36.5. The van der Waals surface area contributed by atoms with Crippen LogP contribution in [0.3, 0.4) is 0 Å². The van der Waals surface area contributed by atoms with Crippen molar-refractivity contribution in [1.82, 2.24) is 4.57 Å². The summed E-state index contributed by atoms with van der Waals surface area (Å²) in [7, 11) is 2.09. The van der Waals surface area contributed by atoms with E-state index in [1.807, 2.05) is 32.1 Å². The van der Waals surface area contributed by atoms with Gasteiger partial charge in [0.1, 0.15) is 0 Å². The molecule has 1 aliphatic carbocycles. The number of fused-ring (bicyclic) bond motifs is 3. The van der Waals surface area contributed by atoms with Crippen molar-refractivity contribution in [3.8, 4) is 5.69 Å². The molecule has 1 heterocycles. The largest absolute Gasteiger partial charge is 0.344 e. The normalized spacial score (nSPS) is 12.1. The molecule has 6 aromatic carbocycles. The van der Waals surface area contributed by atoms with Crippen LogP contribution < -0.4 is 4.90 Å². The predicted molar refractivity (Wildman–Crippen MR) is 270 cm³/mol. The summed E-state index contributed by atoms with van der Waals surface area (Å²) in [4.78, 5) is 2.21. The van der Waals surface area contributed by atoms with E-state index >= 15 is 0 Å². The number of hydrogen-bond acceptors (Lipinski definition) is 1. The van der Waals surface area contributed by atoms with Crippen LogP contribution in [0.2, 0.25) is 0 Å². The van der Waals surface area contributed by atoms with E-state index in [1.54, 1.807) is 6.08 Å². The maximum atomic E-state index is 4.46. The van der Waals surface area contributed by atoms with Crippen LogP contribution in [0.25, 0.3) is 45.0 Å². The van der Waals surface area contributed by atoms with Gasteiger partial charge in [0.25, 0.3) is 0 Å². The van der Waals surface area contributed by atoms with Gasteiger partial charge in [0, 0.05) is 40.6 Å².